The Labute approximate surface area is 145 Å². The smallest absolute Gasteiger partial charge is 0.256 e. The van der Waals surface area contributed by atoms with E-state index in [1.807, 2.05) is 24.3 Å². The van der Waals surface area contributed by atoms with E-state index < -0.39 is 5.54 Å². The van der Waals surface area contributed by atoms with E-state index in [4.69, 9.17) is 0 Å². The minimum atomic E-state index is -0.469. The lowest BCUT2D eigenvalue weighted by molar-refractivity contribution is -0.123. The van der Waals surface area contributed by atoms with Gasteiger partial charge in [0.15, 0.2) is 0 Å². The van der Waals surface area contributed by atoms with E-state index in [0.717, 1.165) is 31.1 Å². The van der Waals surface area contributed by atoms with Crippen LogP contribution in [0.4, 0.5) is 0 Å². The van der Waals surface area contributed by atoms with Crippen molar-refractivity contribution in [2.24, 2.45) is 0 Å². The molecular formula is C19H21N3O3. The number of carbonyl (C=O) groups is 2. The minimum Gasteiger partial charge on any atom is -0.351 e. The summed E-state index contributed by atoms with van der Waals surface area (Å²) in [5.74, 6) is -0.152. The molecular weight excluding hydrogens is 318 g/mol. The first kappa shape index (κ1) is 15.9. The quantitative estimate of drug-likeness (QED) is 0.789. The SMILES string of the molecule is O=C1C[C@]2(NC(=O)Cc3cc4ccccc4c(=O)[nH]3)CCCC[C@@H]2N1. The summed E-state index contributed by atoms with van der Waals surface area (Å²) >= 11 is 0. The van der Waals surface area contributed by atoms with Gasteiger partial charge in [-0.3, -0.25) is 14.4 Å². The first-order valence-electron chi connectivity index (χ1n) is 8.77. The third-order valence-corrected chi connectivity index (χ3v) is 5.39. The highest BCUT2D eigenvalue weighted by molar-refractivity contribution is 5.86. The van der Waals surface area contributed by atoms with Crippen LogP contribution in [-0.4, -0.2) is 28.4 Å². The highest BCUT2D eigenvalue weighted by Crippen LogP contribution is 2.35. The van der Waals surface area contributed by atoms with Gasteiger partial charge in [0.05, 0.1) is 24.4 Å². The molecule has 0 unspecified atom stereocenters. The number of aromatic amines is 1. The van der Waals surface area contributed by atoms with E-state index >= 15 is 0 Å². The number of hydrogen-bond acceptors (Lipinski definition) is 3. The zero-order valence-electron chi connectivity index (χ0n) is 13.9. The van der Waals surface area contributed by atoms with Crippen molar-refractivity contribution in [1.29, 1.82) is 0 Å². The molecule has 2 amide bonds. The molecule has 0 spiro atoms. The maximum absolute atomic E-state index is 12.6. The van der Waals surface area contributed by atoms with E-state index in [0.29, 0.717) is 17.5 Å². The van der Waals surface area contributed by atoms with Crippen LogP contribution in [0.5, 0.6) is 0 Å². The predicted molar refractivity (Wildman–Crippen MR) is 94.2 cm³/mol. The number of H-pyrrole nitrogens is 1. The first-order chi connectivity index (χ1) is 12.1. The minimum absolute atomic E-state index is 0.00584. The molecule has 3 N–H and O–H groups in total. The molecule has 2 aromatic rings. The molecule has 6 heteroatoms. The van der Waals surface area contributed by atoms with Crippen molar-refractivity contribution in [1.82, 2.24) is 15.6 Å². The van der Waals surface area contributed by atoms with E-state index in [1.54, 1.807) is 6.07 Å². The summed E-state index contributed by atoms with van der Waals surface area (Å²) in [5, 5.41) is 7.52. The second-order valence-electron chi connectivity index (χ2n) is 7.13. The summed E-state index contributed by atoms with van der Waals surface area (Å²) in [6.07, 6.45) is 4.24. The molecule has 2 fully saturated rings. The van der Waals surface area contributed by atoms with Gasteiger partial charge in [-0.2, -0.15) is 0 Å². The average molecular weight is 339 g/mol. The highest BCUT2D eigenvalue weighted by atomic mass is 16.2. The molecule has 1 aromatic carbocycles. The lowest BCUT2D eigenvalue weighted by atomic mass is 9.78. The Morgan fingerprint density at radius 1 is 1.24 bits per heavy atom. The van der Waals surface area contributed by atoms with Gasteiger partial charge in [0, 0.05) is 11.1 Å². The van der Waals surface area contributed by atoms with Gasteiger partial charge in [0.25, 0.3) is 5.56 Å². The van der Waals surface area contributed by atoms with E-state index in [-0.39, 0.29) is 29.8 Å². The fraction of sp³-hybridized carbons (Fsp3) is 0.421. The molecule has 0 radical (unpaired) electrons. The maximum atomic E-state index is 12.6. The third-order valence-electron chi connectivity index (χ3n) is 5.39. The van der Waals surface area contributed by atoms with Crippen molar-refractivity contribution in [3.05, 3.63) is 46.4 Å². The van der Waals surface area contributed by atoms with Gasteiger partial charge in [-0.05, 0) is 30.4 Å². The number of benzene rings is 1. The van der Waals surface area contributed by atoms with Gasteiger partial charge < -0.3 is 15.6 Å². The lowest BCUT2D eigenvalue weighted by Gasteiger charge is -2.38. The second-order valence-corrected chi connectivity index (χ2v) is 7.13. The number of amides is 2. The van der Waals surface area contributed by atoms with Crippen LogP contribution in [-0.2, 0) is 16.0 Å². The van der Waals surface area contributed by atoms with Crippen LogP contribution in [0.1, 0.15) is 37.8 Å². The Hall–Kier alpha value is -2.63. The van der Waals surface area contributed by atoms with Gasteiger partial charge in [-0.15, -0.1) is 0 Å². The monoisotopic (exact) mass is 339 g/mol. The summed E-state index contributed by atoms with van der Waals surface area (Å²) in [5.41, 5.74) is -0.0710. The number of pyridine rings is 1. The van der Waals surface area contributed by atoms with E-state index in [9.17, 15) is 14.4 Å². The van der Waals surface area contributed by atoms with Crippen molar-refractivity contribution in [2.45, 2.75) is 50.1 Å². The van der Waals surface area contributed by atoms with Crippen molar-refractivity contribution in [3.8, 4) is 0 Å². The average Bonchev–Trinajstić information content (AvgIpc) is 2.90. The first-order valence-corrected chi connectivity index (χ1v) is 8.77. The normalized spacial score (nSPS) is 25.4. The van der Waals surface area contributed by atoms with Crippen LogP contribution in [0.25, 0.3) is 10.8 Å². The highest BCUT2D eigenvalue weighted by Gasteiger charge is 2.48. The van der Waals surface area contributed by atoms with Gasteiger partial charge in [-0.1, -0.05) is 31.0 Å². The van der Waals surface area contributed by atoms with Crippen LogP contribution in [0, 0.1) is 0 Å². The number of nitrogens with one attached hydrogen (secondary N) is 3. The molecule has 1 aliphatic carbocycles. The largest absolute Gasteiger partial charge is 0.351 e. The van der Waals surface area contributed by atoms with Crippen LogP contribution >= 0.6 is 0 Å². The van der Waals surface area contributed by atoms with Crippen molar-refractivity contribution < 1.29 is 9.59 Å². The summed E-state index contributed by atoms with van der Waals surface area (Å²) < 4.78 is 0. The van der Waals surface area contributed by atoms with Crippen molar-refractivity contribution in [2.75, 3.05) is 0 Å². The van der Waals surface area contributed by atoms with E-state index in [1.165, 1.54) is 0 Å². The molecule has 1 aromatic heterocycles. The molecule has 1 saturated heterocycles. The van der Waals surface area contributed by atoms with Gasteiger partial charge in [0.2, 0.25) is 11.8 Å². The van der Waals surface area contributed by atoms with Crippen molar-refractivity contribution >= 4 is 22.6 Å². The van der Waals surface area contributed by atoms with Gasteiger partial charge in [-0.25, -0.2) is 0 Å². The molecule has 130 valence electrons. The van der Waals surface area contributed by atoms with Crippen LogP contribution in [0.15, 0.2) is 35.1 Å². The summed E-state index contributed by atoms with van der Waals surface area (Å²) in [6.45, 7) is 0. The Morgan fingerprint density at radius 2 is 2.08 bits per heavy atom. The zero-order valence-corrected chi connectivity index (χ0v) is 13.9. The van der Waals surface area contributed by atoms with Crippen LogP contribution < -0.4 is 16.2 Å². The molecule has 1 aliphatic heterocycles. The molecule has 6 nitrogen and oxygen atoms in total. The van der Waals surface area contributed by atoms with Gasteiger partial charge in [0.1, 0.15) is 0 Å². The second kappa shape index (κ2) is 6.02. The summed E-state index contributed by atoms with van der Waals surface area (Å²) in [4.78, 5) is 39.4. The number of hydrogen-bond donors (Lipinski definition) is 3. The van der Waals surface area contributed by atoms with Crippen LogP contribution in [0.3, 0.4) is 0 Å². The number of fused-ring (bicyclic) bond motifs is 2. The fourth-order valence-electron chi connectivity index (χ4n) is 4.24. The number of rotatable bonds is 3. The Balaban J connectivity index is 1.54. The topological polar surface area (TPSA) is 91.1 Å². The zero-order chi connectivity index (χ0) is 17.4. The lowest BCUT2D eigenvalue weighted by Crippen LogP contribution is -2.57. The van der Waals surface area contributed by atoms with E-state index in [2.05, 4.69) is 15.6 Å². The third kappa shape index (κ3) is 2.92. The number of carbonyl (C=O) groups excluding carboxylic acids is 2. The Kier molecular flexibility index (Phi) is 3.82. The van der Waals surface area contributed by atoms with Gasteiger partial charge >= 0.3 is 0 Å². The molecule has 2 atom stereocenters. The predicted octanol–water partition coefficient (Wildman–Crippen LogP) is 1.39. The maximum Gasteiger partial charge on any atom is 0.256 e. The summed E-state index contributed by atoms with van der Waals surface area (Å²) in [7, 11) is 0. The molecule has 2 heterocycles. The fourth-order valence-corrected chi connectivity index (χ4v) is 4.24. The van der Waals surface area contributed by atoms with Crippen molar-refractivity contribution in [3.63, 3.8) is 0 Å². The Bertz CT molecular complexity index is 904. The standard InChI is InChI=1S/C19H21N3O3/c23-16(22-19-8-4-3-7-15(19)21-17(24)11-19)10-13-9-12-5-1-2-6-14(12)18(25)20-13/h1-2,5-6,9,15H,3-4,7-8,10-11H2,(H,20,25)(H,21,24)(H,22,23)/t15-,19+/m0/s1. The summed E-state index contributed by atoms with van der Waals surface area (Å²) in [6, 6.07) is 9.17. The Morgan fingerprint density at radius 3 is 2.96 bits per heavy atom. The molecule has 4 rings (SSSR count). The molecule has 1 saturated carbocycles. The molecule has 0 bridgehead atoms. The number of aromatic nitrogens is 1. The van der Waals surface area contributed by atoms with Crippen LogP contribution in [0.2, 0.25) is 0 Å². The molecule has 2 aliphatic rings. The molecule has 25 heavy (non-hydrogen) atoms.